The van der Waals surface area contributed by atoms with Crippen LogP contribution in [0, 0.1) is 0 Å². The van der Waals surface area contributed by atoms with Crippen molar-refractivity contribution in [2.75, 3.05) is 10.6 Å². The van der Waals surface area contributed by atoms with Crippen LogP contribution in [0.2, 0.25) is 0 Å². The number of aliphatic hydroxyl groups is 3. The number of nitrogens with two attached hydrogens (primary N) is 1. The highest BCUT2D eigenvalue weighted by Crippen LogP contribution is 2.39. The third kappa shape index (κ3) is 10.1. The van der Waals surface area contributed by atoms with Crippen molar-refractivity contribution in [2.45, 2.75) is 87.8 Å². The molecule has 14 nitrogen and oxygen atoms in total. The van der Waals surface area contributed by atoms with Crippen LogP contribution in [0.4, 0.5) is 11.6 Å². The molecular weight excluding hydrogens is 855 g/mol. The van der Waals surface area contributed by atoms with Gasteiger partial charge in [0.25, 0.3) is 0 Å². The fourth-order valence-corrected chi connectivity index (χ4v) is 9.42. The Labute approximate surface area is 393 Å². The van der Waals surface area contributed by atoms with E-state index >= 15 is 0 Å². The van der Waals surface area contributed by atoms with Crippen LogP contribution in [0.3, 0.4) is 0 Å². The molecule has 12 rings (SSSR count). The normalized spacial score (nSPS) is 21.1. The van der Waals surface area contributed by atoms with Crippen LogP contribution in [-0.2, 0) is 0 Å². The van der Waals surface area contributed by atoms with Gasteiger partial charge >= 0.3 is 0 Å². The SMILES string of the molecule is NC1CCC(O)c2ccccc21.O=C1CCC(Nc2ncnc3cccnc23)c2ccccc21.O=C1CCC(O)c2ccccc21.OC1CCC(Nc2ncnc3cccnc23)c2ccccc21. The number of rotatable bonds is 4. The fourth-order valence-electron chi connectivity index (χ4n) is 9.42. The molecule has 0 saturated heterocycles. The average molecular weight is 908 g/mol. The number of fused-ring (bicyclic) bond motifs is 6. The minimum absolute atomic E-state index is 0.0639. The first kappa shape index (κ1) is 45.8. The van der Waals surface area contributed by atoms with Crippen LogP contribution in [0.5, 0.6) is 0 Å². The predicted molar refractivity (Wildman–Crippen MR) is 261 cm³/mol. The predicted octanol–water partition coefficient (Wildman–Crippen LogP) is 9.37. The zero-order chi connectivity index (χ0) is 47.0. The van der Waals surface area contributed by atoms with Crippen LogP contribution in [0.1, 0.15) is 142 Å². The van der Waals surface area contributed by atoms with Crippen molar-refractivity contribution in [3.8, 4) is 0 Å². The van der Waals surface area contributed by atoms with Gasteiger partial charge in [-0.1, -0.05) is 97.1 Å². The molecule has 7 N–H and O–H groups in total. The first-order chi connectivity index (χ1) is 33.2. The number of hydrogen-bond donors (Lipinski definition) is 6. The maximum Gasteiger partial charge on any atom is 0.163 e. The molecule has 4 aromatic carbocycles. The van der Waals surface area contributed by atoms with Gasteiger partial charge in [-0.2, -0.15) is 0 Å². The maximum absolute atomic E-state index is 12.0. The highest BCUT2D eigenvalue weighted by molar-refractivity contribution is 5.99. The van der Waals surface area contributed by atoms with Gasteiger partial charge in [-0.25, -0.2) is 19.9 Å². The van der Waals surface area contributed by atoms with E-state index in [4.69, 9.17) is 5.73 Å². The fraction of sp³-hybridized carbons (Fsp3) is 0.259. The number of benzene rings is 4. The molecule has 0 bridgehead atoms. The Morgan fingerprint density at radius 1 is 0.426 bits per heavy atom. The Bertz CT molecular complexity index is 3020. The number of hydrogen-bond acceptors (Lipinski definition) is 14. The molecular formula is C54H53N9O5. The number of ketones is 2. The van der Waals surface area contributed by atoms with Gasteiger partial charge in [-0.15, -0.1) is 0 Å². The highest BCUT2D eigenvalue weighted by Gasteiger charge is 2.28. The maximum atomic E-state index is 12.0. The van der Waals surface area contributed by atoms with E-state index in [9.17, 15) is 24.9 Å². The first-order valence-corrected chi connectivity index (χ1v) is 23.1. The summed E-state index contributed by atoms with van der Waals surface area (Å²) in [5.74, 6) is 1.80. The number of aromatic nitrogens is 6. The minimum Gasteiger partial charge on any atom is -0.388 e. The summed E-state index contributed by atoms with van der Waals surface area (Å²) in [5.41, 5.74) is 16.6. The number of nitrogens with zero attached hydrogens (tertiary/aromatic N) is 6. The summed E-state index contributed by atoms with van der Waals surface area (Å²) in [6, 6.07) is 38.8. The number of Topliss-reactive ketones (excluding diaryl/α,β-unsaturated/α-hetero) is 2. The van der Waals surface area contributed by atoms with Crippen LogP contribution in [-0.4, -0.2) is 56.8 Å². The lowest BCUT2D eigenvalue weighted by Crippen LogP contribution is -2.21. The van der Waals surface area contributed by atoms with Gasteiger partial charge in [0.15, 0.2) is 23.2 Å². The van der Waals surface area contributed by atoms with Crippen LogP contribution in [0.15, 0.2) is 146 Å². The molecule has 4 aliphatic carbocycles. The molecule has 0 saturated carbocycles. The summed E-state index contributed by atoms with van der Waals surface area (Å²) in [7, 11) is 0. The van der Waals surface area contributed by atoms with E-state index in [1.165, 1.54) is 6.33 Å². The molecule has 6 unspecified atom stereocenters. The van der Waals surface area contributed by atoms with Gasteiger partial charge < -0.3 is 31.7 Å². The monoisotopic (exact) mass is 907 g/mol. The van der Waals surface area contributed by atoms with Crippen LogP contribution < -0.4 is 16.4 Å². The molecule has 6 atom stereocenters. The van der Waals surface area contributed by atoms with Gasteiger partial charge in [0.05, 0.1) is 41.4 Å². The number of carbonyl (C=O) groups is 2. The summed E-state index contributed by atoms with van der Waals surface area (Å²) in [6.07, 6.45) is 11.0. The summed E-state index contributed by atoms with van der Waals surface area (Å²) < 4.78 is 0. The summed E-state index contributed by atoms with van der Waals surface area (Å²) in [4.78, 5) is 49.2. The van der Waals surface area contributed by atoms with Gasteiger partial charge in [-0.05, 0) is 96.2 Å². The average Bonchev–Trinajstić information content (AvgIpc) is 3.39. The van der Waals surface area contributed by atoms with E-state index < -0.39 is 6.10 Å². The number of pyridine rings is 2. The molecule has 4 aromatic heterocycles. The Morgan fingerprint density at radius 3 is 1.44 bits per heavy atom. The van der Waals surface area contributed by atoms with E-state index in [-0.39, 0.29) is 41.9 Å². The minimum atomic E-state index is -0.445. The number of anilines is 2. The van der Waals surface area contributed by atoms with E-state index in [1.807, 2.05) is 109 Å². The molecule has 0 amide bonds. The smallest absolute Gasteiger partial charge is 0.163 e. The molecule has 0 spiro atoms. The highest BCUT2D eigenvalue weighted by atomic mass is 16.3. The number of carbonyl (C=O) groups excluding carboxylic acids is 2. The summed E-state index contributed by atoms with van der Waals surface area (Å²) in [6.45, 7) is 0. The standard InChI is InChI=1S/C17H16N4O.C17H14N4O.C10H13NO.C10H10O2/c2*22-15-8-7-13(11-4-1-2-5-12(11)15)21-17-16-14(19-10-20-17)6-3-9-18-16;2*11-9-5-6-10(12)8-4-2-1-3-7(8)9/h1-6,9-10,13,15,22H,7-8H2,(H,19,20,21);1-6,9-10,13H,7-8H2,(H,19,20,21);1-4,9-10,12H,5-6,11H2;1-4,9,11H,5-6H2. The van der Waals surface area contributed by atoms with Crippen molar-refractivity contribution in [1.82, 2.24) is 29.9 Å². The van der Waals surface area contributed by atoms with Crippen molar-refractivity contribution < 1.29 is 24.9 Å². The Morgan fingerprint density at radius 2 is 0.868 bits per heavy atom. The largest absolute Gasteiger partial charge is 0.388 e. The summed E-state index contributed by atoms with van der Waals surface area (Å²) >= 11 is 0. The molecule has 8 aromatic rings. The van der Waals surface area contributed by atoms with Crippen LogP contribution >= 0.6 is 0 Å². The lowest BCUT2D eigenvalue weighted by Gasteiger charge is -2.30. The van der Waals surface area contributed by atoms with Gasteiger partial charge in [0.2, 0.25) is 0 Å². The Hall–Kier alpha value is -7.36. The molecule has 0 radical (unpaired) electrons. The lowest BCUT2D eigenvalue weighted by molar-refractivity contribution is 0.0896. The van der Waals surface area contributed by atoms with Crippen molar-refractivity contribution in [3.63, 3.8) is 0 Å². The van der Waals surface area contributed by atoms with Gasteiger partial charge in [0, 0.05) is 42.4 Å². The second-order valence-electron chi connectivity index (χ2n) is 17.2. The Kier molecular flexibility index (Phi) is 14.2. The first-order valence-electron chi connectivity index (χ1n) is 23.1. The van der Waals surface area contributed by atoms with E-state index in [2.05, 4.69) is 46.6 Å². The lowest BCUT2D eigenvalue weighted by atomic mass is 9.86. The van der Waals surface area contributed by atoms with E-state index in [0.717, 1.165) is 98.9 Å². The van der Waals surface area contributed by atoms with Crippen molar-refractivity contribution >= 4 is 45.3 Å². The third-order valence-corrected chi connectivity index (χ3v) is 12.9. The zero-order valence-corrected chi connectivity index (χ0v) is 37.4. The molecule has 68 heavy (non-hydrogen) atoms. The number of nitrogens with one attached hydrogen (secondary N) is 2. The summed E-state index contributed by atoms with van der Waals surface area (Å²) in [5, 5.41) is 36.2. The Balaban J connectivity index is 0.000000118. The number of aliphatic hydroxyl groups excluding tert-OH is 3. The molecule has 0 fully saturated rings. The van der Waals surface area contributed by atoms with Crippen LogP contribution in [0.25, 0.3) is 22.1 Å². The zero-order valence-electron chi connectivity index (χ0n) is 37.4. The molecule has 4 aliphatic rings. The second-order valence-corrected chi connectivity index (χ2v) is 17.2. The molecule has 344 valence electrons. The van der Waals surface area contributed by atoms with Crippen molar-refractivity contribution in [2.24, 2.45) is 5.73 Å². The van der Waals surface area contributed by atoms with Gasteiger partial charge in [-0.3, -0.25) is 19.6 Å². The third-order valence-electron chi connectivity index (χ3n) is 12.9. The van der Waals surface area contributed by atoms with E-state index in [0.29, 0.717) is 30.6 Å². The molecule has 14 heteroatoms. The molecule has 0 aliphatic heterocycles. The van der Waals surface area contributed by atoms with Crippen molar-refractivity contribution in [1.29, 1.82) is 0 Å². The van der Waals surface area contributed by atoms with Gasteiger partial charge in [0.1, 0.15) is 23.7 Å². The second kappa shape index (κ2) is 21.1. The van der Waals surface area contributed by atoms with Crippen molar-refractivity contribution in [3.05, 3.63) is 191 Å². The topological polar surface area (TPSA) is 222 Å². The quantitative estimate of drug-likeness (QED) is 0.0969. The molecule has 4 heterocycles. The van der Waals surface area contributed by atoms with E-state index in [1.54, 1.807) is 24.8 Å².